The molecule has 0 atom stereocenters. The number of nitrogens with one attached hydrogen (secondary N) is 1. The van der Waals surface area contributed by atoms with Gasteiger partial charge in [-0.2, -0.15) is 0 Å². The molecule has 0 radical (unpaired) electrons. The standard InChI is InChI=1S/C24H30N2O4/c1-29-21-11-9-19(10-12-21)18-24(28)26-15-13-20(14-16-26)25-23(27)8-5-17-30-22-6-3-2-4-7-22/h2-4,6-7,9-12,20H,5,8,13-18H2,1H3,(H,25,27). The summed E-state index contributed by atoms with van der Waals surface area (Å²) in [6.07, 6.45) is 3.10. The van der Waals surface area contributed by atoms with E-state index in [-0.39, 0.29) is 17.9 Å². The monoisotopic (exact) mass is 410 g/mol. The molecule has 6 nitrogen and oxygen atoms in total. The van der Waals surface area contributed by atoms with Gasteiger partial charge in [0.1, 0.15) is 11.5 Å². The summed E-state index contributed by atoms with van der Waals surface area (Å²) < 4.78 is 10.8. The molecule has 1 fully saturated rings. The van der Waals surface area contributed by atoms with E-state index in [0.717, 1.165) is 29.9 Å². The number of methoxy groups -OCH3 is 1. The van der Waals surface area contributed by atoms with Gasteiger partial charge in [-0.1, -0.05) is 30.3 Å². The van der Waals surface area contributed by atoms with Gasteiger partial charge in [0.15, 0.2) is 0 Å². The topological polar surface area (TPSA) is 67.9 Å². The minimum Gasteiger partial charge on any atom is -0.497 e. The van der Waals surface area contributed by atoms with Gasteiger partial charge in [-0.05, 0) is 49.1 Å². The number of nitrogens with zero attached hydrogens (tertiary/aromatic N) is 1. The maximum absolute atomic E-state index is 12.5. The lowest BCUT2D eigenvalue weighted by Gasteiger charge is -2.32. The summed E-state index contributed by atoms with van der Waals surface area (Å²) in [6, 6.07) is 17.3. The molecule has 1 aliphatic heterocycles. The van der Waals surface area contributed by atoms with Crippen LogP contribution in [-0.2, 0) is 16.0 Å². The lowest BCUT2D eigenvalue weighted by molar-refractivity contribution is -0.131. The van der Waals surface area contributed by atoms with E-state index >= 15 is 0 Å². The fraction of sp³-hybridized carbons (Fsp3) is 0.417. The van der Waals surface area contributed by atoms with E-state index in [9.17, 15) is 9.59 Å². The Bertz CT molecular complexity index is 800. The summed E-state index contributed by atoms with van der Waals surface area (Å²) in [4.78, 5) is 26.6. The Morgan fingerprint density at radius 1 is 1.00 bits per heavy atom. The first kappa shape index (κ1) is 21.7. The molecule has 0 bridgehead atoms. The Morgan fingerprint density at radius 2 is 1.70 bits per heavy atom. The average Bonchev–Trinajstić information content (AvgIpc) is 2.78. The van der Waals surface area contributed by atoms with Crippen LogP contribution in [0.2, 0.25) is 0 Å². The zero-order valence-electron chi connectivity index (χ0n) is 17.5. The van der Waals surface area contributed by atoms with Gasteiger partial charge in [0.2, 0.25) is 11.8 Å². The Balaban J connectivity index is 1.31. The molecule has 1 aliphatic rings. The second-order valence-electron chi connectivity index (χ2n) is 7.51. The van der Waals surface area contributed by atoms with Gasteiger partial charge in [0.25, 0.3) is 0 Å². The first-order valence-electron chi connectivity index (χ1n) is 10.5. The van der Waals surface area contributed by atoms with Gasteiger partial charge in [0, 0.05) is 25.6 Å². The molecule has 0 unspecified atom stereocenters. The molecular weight excluding hydrogens is 380 g/mol. The number of carbonyl (C=O) groups is 2. The number of rotatable bonds is 9. The van der Waals surface area contributed by atoms with E-state index in [0.29, 0.717) is 39.0 Å². The van der Waals surface area contributed by atoms with Crippen molar-refractivity contribution in [2.24, 2.45) is 0 Å². The van der Waals surface area contributed by atoms with Crippen LogP contribution in [0.15, 0.2) is 54.6 Å². The smallest absolute Gasteiger partial charge is 0.226 e. The highest BCUT2D eigenvalue weighted by atomic mass is 16.5. The van der Waals surface area contributed by atoms with Crippen molar-refractivity contribution in [1.82, 2.24) is 10.2 Å². The summed E-state index contributed by atoms with van der Waals surface area (Å²) in [5.41, 5.74) is 0.981. The molecule has 3 rings (SSSR count). The molecule has 160 valence electrons. The Kier molecular flexibility index (Phi) is 8.12. The van der Waals surface area contributed by atoms with Crippen molar-refractivity contribution in [3.8, 4) is 11.5 Å². The number of para-hydroxylation sites is 1. The quantitative estimate of drug-likeness (QED) is 0.645. The van der Waals surface area contributed by atoms with Crippen LogP contribution >= 0.6 is 0 Å². The fourth-order valence-electron chi connectivity index (χ4n) is 3.54. The van der Waals surface area contributed by atoms with E-state index in [2.05, 4.69) is 5.32 Å². The highest BCUT2D eigenvalue weighted by Gasteiger charge is 2.23. The van der Waals surface area contributed by atoms with Gasteiger partial charge >= 0.3 is 0 Å². The van der Waals surface area contributed by atoms with Crippen molar-refractivity contribution in [3.63, 3.8) is 0 Å². The molecule has 30 heavy (non-hydrogen) atoms. The molecule has 1 N–H and O–H groups in total. The minimum atomic E-state index is 0.0506. The fourth-order valence-corrected chi connectivity index (χ4v) is 3.54. The molecule has 6 heteroatoms. The van der Waals surface area contributed by atoms with Gasteiger partial charge < -0.3 is 19.7 Å². The van der Waals surface area contributed by atoms with Crippen LogP contribution in [0, 0.1) is 0 Å². The Labute approximate surface area is 178 Å². The minimum absolute atomic E-state index is 0.0506. The number of hydrogen-bond donors (Lipinski definition) is 1. The molecule has 1 heterocycles. The van der Waals surface area contributed by atoms with E-state index < -0.39 is 0 Å². The summed E-state index contributed by atoms with van der Waals surface area (Å²) in [5, 5.41) is 3.09. The average molecular weight is 411 g/mol. The number of benzene rings is 2. The summed E-state index contributed by atoms with van der Waals surface area (Å²) in [6.45, 7) is 1.88. The van der Waals surface area contributed by atoms with Gasteiger partial charge in [-0.3, -0.25) is 9.59 Å². The number of piperidine rings is 1. The largest absolute Gasteiger partial charge is 0.497 e. The lowest BCUT2D eigenvalue weighted by Crippen LogP contribution is -2.47. The molecule has 0 aliphatic carbocycles. The third-order valence-electron chi connectivity index (χ3n) is 5.29. The number of carbonyl (C=O) groups excluding carboxylic acids is 2. The van der Waals surface area contributed by atoms with E-state index in [1.165, 1.54) is 0 Å². The Morgan fingerprint density at radius 3 is 2.37 bits per heavy atom. The number of amides is 2. The van der Waals surface area contributed by atoms with Gasteiger partial charge in [0.05, 0.1) is 20.1 Å². The summed E-state index contributed by atoms with van der Waals surface area (Å²) in [5.74, 6) is 1.79. The molecule has 2 aromatic carbocycles. The second-order valence-corrected chi connectivity index (χ2v) is 7.51. The number of likely N-dealkylation sites (tertiary alicyclic amines) is 1. The normalized spacial score (nSPS) is 14.2. The maximum atomic E-state index is 12.5. The molecule has 2 amide bonds. The van der Waals surface area contributed by atoms with Crippen LogP contribution in [0.5, 0.6) is 11.5 Å². The second kappa shape index (κ2) is 11.2. The first-order chi connectivity index (χ1) is 14.6. The predicted molar refractivity (Wildman–Crippen MR) is 116 cm³/mol. The molecule has 0 spiro atoms. The molecule has 2 aromatic rings. The van der Waals surface area contributed by atoms with E-state index in [1.807, 2.05) is 59.5 Å². The van der Waals surface area contributed by atoms with Crippen molar-refractivity contribution < 1.29 is 19.1 Å². The zero-order valence-corrected chi connectivity index (χ0v) is 17.5. The van der Waals surface area contributed by atoms with Gasteiger partial charge in [-0.15, -0.1) is 0 Å². The third kappa shape index (κ3) is 6.79. The zero-order chi connectivity index (χ0) is 21.2. The van der Waals surface area contributed by atoms with Crippen molar-refractivity contribution in [3.05, 3.63) is 60.2 Å². The van der Waals surface area contributed by atoms with E-state index in [1.54, 1.807) is 7.11 Å². The number of ether oxygens (including phenoxy) is 2. The van der Waals surface area contributed by atoms with Crippen LogP contribution < -0.4 is 14.8 Å². The maximum Gasteiger partial charge on any atom is 0.226 e. The molecular formula is C24H30N2O4. The predicted octanol–water partition coefficient (Wildman–Crippen LogP) is 3.20. The first-order valence-corrected chi connectivity index (χ1v) is 10.5. The van der Waals surface area contributed by atoms with E-state index in [4.69, 9.17) is 9.47 Å². The molecule has 1 saturated heterocycles. The van der Waals surface area contributed by atoms with Crippen LogP contribution in [0.3, 0.4) is 0 Å². The van der Waals surface area contributed by atoms with Crippen LogP contribution in [0.25, 0.3) is 0 Å². The van der Waals surface area contributed by atoms with Crippen molar-refractivity contribution >= 4 is 11.8 Å². The molecule has 0 aromatic heterocycles. The molecule has 0 saturated carbocycles. The highest BCUT2D eigenvalue weighted by Crippen LogP contribution is 2.15. The summed E-state index contributed by atoms with van der Waals surface area (Å²) >= 11 is 0. The SMILES string of the molecule is COc1ccc(CC(=O)N2CCC(NC(=O)CCCOc3ccccc3)CC2)cc1. The van der Waals surface area contributed by atoms with Crippen molar-refractivity contribution in [1.29, 1.82) is 0 Å². The van der Waals surface area contributed by atoms with Crippen molar-refractivity contribution in [2.75, 3.05) is 26.8 Å². The Hall–Kier alpha value is -3.02. The van der Waals surface area contributed by atoms with Gasteiger partial charge in [-0.25, -0.2) is 0 Å². The number of hydrogen-bond acceptors (Lipinski definition) is 4. The lowest BCUT2D eigenvalue weighted by atomic mass is 10.0. The third-order valence-corrected chi connectivity index (χ3v) is 5.29. The highest BCUT2D eigenvalue weighted by molar-refractivity contribution is 5.79. The van der Waals surface area contributed by atoms with Crippen LogP contribution in [0.4, 0.5) is 0 Å². The summed E-state index contributed by atoms with van der Waals surface area (Å²) in [7, 11) is 1.63. The van der Waals surface area contributed by atoms with Crippen LogP contribution in [-0.4, -0.2) is 49.6 Å². The van der Waals surface area contributed by atoms with Crippen molar-refractivity contribution in [2.45, 2.75) is 38.1 Å². The van der Waals surface area contributed by atoms with Crippen LogP contribution in [0.1, 0.15) is 31.2 Å².